The van der Waals surface area contributed by atoms with E-state index < -0.39 is 0 Å². The second-order valence-corrected chi connectivity index (χ2v) is 6.35. The number of likely N-dealkylation sites (tertiary alicyclic amines) is 1. The normalized spacial score (nSPS) is 25.8. The zero-order valence-corrected chi connectivity index (χ0v) is 12.8. The molecule has 1 saturated heterocycles. The maximum Gasteiger partial charge on any atom is 0.169 e. The number of hydrogen-bond acceptors (Lipinski definition) is 3. The second kappa shape index (κ2) is 6.75. The summed E-state index contributed by atoms with van der Waals surface area (Å²) in [6.07, 6.45) is 4.69. The van der Waals surface area contributed by atoms with E-state index in [0.717, 1.165) is 38.0 Å². The van der Waals surface area contributed by atoms with Gasteiger partial charge in [-0.2, -0.15) is 0 Å². The van der Waals surface area contributed by atoms with Crippen molar-refractivity contribution in [2.75, 3.05) is 26.7 Å². The van der Waals surface area contributed by atoms with Gasteiger partial charge < -0.3 is 10.1 Å². The molecule has 4 heteroatoms. The second-order valence-electron chi connectivity index (χ2n) is 6.35. The topological polar surface area (TPSA) is 24.5 Å². The summed E-state index contributed by atoms with van der Waals surface area (Å²) < 4.78 is 20.4. The highest BCUT2D eigenvalue weighted by Crippen LogP contribution is 2.32. The third-order valence-electron chi connectivity index (χ3n) is 4.61. The number of rotatable bonds is 6. The maximum atomic E-state index is 14.5. The highest BCUT2D eigenvalue weighted by atomic mass is 19.1. The molecule has 0 amide bonds. The summed E-state index contributed by atoms with van der Waals surface area (Å²) in [6.45, 7) is 3.89. The van der Waals surface area contributed by atoms with Crippen LogP contribution in [0.15, 0.2) is 18.2 Å². The van der Waals surface area contributed by atoms with Crippen LogP contribution >= 0.6 is 0 Å². The van der Waals surface area contributed by atoms with E-state index >= 15 is 0 Å². The Balaban J connectivity index is 1.58. The predicted octanol–water partition coefficient (Wildman–Crippen LogP) is 2.80. The van der Waals surface area contributed by atoms with Crippen molar-refractivity contribution in [1.82, 2.24) is 10.2 Å². The van der Waals surface area contributed by atoms with Crippen molar-refractivity contribution in [2.24, 2.45) is 5.92 Å². The highest BCUT2D eigenvalue weighted by Gasteiger charge is 2.31. The van der Waals surface area contributed by atoms with Crippen molar-refractivity contribution in [3.05, 3.63) is 29.6 Å². The molecule has 0 aromatic heterocycles. The van der Waals surface area contributed by atoms with Gasteiger partial charge >= 0.3 is 0 Å². The Hall–Kier alpha value is -1.13. The zero-order valence-electron chi connectivity index (χ0n) is 12.8. The highest BCUT2D eigenvalue weighted by molar-refractivity contribution is 5.31. The lowest BCUT2D eigenvalue weighted by Gasteiger charge is -2.35. The largest absolute Gasteiger partial charge is 0.487 e. The van der Waals surface area contributed by atoms with Crippen LogP contribution in [0.2, 0.25) is 0 Å². The SMILES string of the molecule is CNCC1CC(Oc2cccc(CN3CCCC3)c2F)C1. The summed E-state index contributed by atoms with van der Waals surface area (Å²) >= 11 is 0. The van der Waals surface area contributed by atoms with Gasteiger partial charge in [0.1, 0.15) is 0 Å². The standard InChI is InChI=1S/C17H25FN2O/c1-19-11-13-9-15(10-13)21-16-6-4-5-14(17(16)18)12-20-7-2-3-8-20/h4-6,13,15,19H,2-3,7-12H2,1H3. The summed E-state index contributed by atoms with van der Waals surface area (Å²) in [6, 6.07) is 5.55. The van der Waals surface area contributed by atoms with E-state index in [2.05, 4.69) is 10.2 Å². The minimum absolute atomic E-state index is 0.165. The molecule has 1 heterocycles. The molecule has 2 fully saturated rings. The predicted molar refractivity (Wildman–Crippen MR) is 82.0 cm³/mol. The van der Waals surface area contributed by atoms with Gasteiger partial charge in [0.2, 0.25) is 0 Å². The molecule has 1 aliphatic heterocycles. The van der Waals surface area contributed by atoms with Crippen LogP contribution in [0.3, 0.4) is 0 Å². The average Bonchev–Trinajstić information content (AvgIpc) is 2.93. The third kappa shape index (κ3) is 3.55. The molecule has 116 valence electrons. The van der Waals surface area contributed by atoms with Crippen molar-refractivity contribution >= 4 is 0 Å². The Labute approximate surface area is 126 Å². The van der Waals surface area contributed by atoms with E-state index in [9.17, 15) is 4.39 Å². The Morgan fingerprint density at radius 2 is 2.05 bits per heavy atom. The molecule has 0 atom stereocenters. The van der Waals surface area contributed by atoms with Crippen molar-refractivity contribution < 1.29 is 9.13 Å². The minimum atomic E-state index is -0.165. The van der Waals surface area contributed by atoms with Gasteiger partial charge in [-0.05, 0) is 64.3 Å². The first-order chi connectivity index (χ1) is 10.3. The Morgan fingerprint density at radius 3 is 2.76 bits per heavy atom. The van der Waals surface area contributed by atoms with Gasteiger partial charge in [-0.1, -0.05) is 12.1 Å². The first kappa shape index (κ1) is 14.8. The molecule has 1 aliphatic carbocycles. The van der Waals surface area contributed by atoms with Gasteiger partial charge in [0.15, 0.2) is 11.6 Å². The monoisotopic (exact) mass is 292 g/mol. The lowest BCUT2D eigenvalue weighted by Crippen LogP contribution is -2.38. The van der Waals surface area contributed by atoms with Crippen LogP contribution in [0.25, 0.3) is 0 Å². The van der Waals surface area contributed by atoms with Crippen LogP contribution < -0.4 is 10.1 Å². The van der Waals surface area contributed by atoms with E-state index in [4.69, 9.17) is 4.74 Å². The first-order valence-corrected chi connectivity index (χ1v) is 8.07. The van der Waals surface area contributed by atoms with E-state index in [0.29, 0.717) is 18.2 Å². The van der Waals surface area contributed by atoms with E-state index in [1.165, 1.54) is 12.8 Å². The molecule has 3 rings (SSSR count). The molecule has 0 unspecified atom stereocenters. The zero-order chi connectivity index (χ0) is 14.7. The third-order valence-corrected chi connectivity index (χ3v) is 4.61. The summed E-state index contributed by atoms with van der Waals surface area (Å²) in [5.41, 5.74) is 0.764. The molecular weight excluding hydrogens is 267 g/mol. The first-order valence-electron chi connectivity index (χ1n) is 8.07. The lowest BCUT2D eigenvalue weighted by atomic mass is 9.82. The Bertz CT molecular complexity index is 468. The molecular formula is C17H25FN2O. The van der Waals surface area contributed by atoms with E-state index in [1.54, 1.807) is 6.07 Å². The van der Waals surface area contributed by atoms with Crippen LogP contribution in [-0.2, 0) is 6.54 Å². The van der Waals surface area contributed by atoms with Gasteiger partial charge in [-0.25, -0.2) is 4.39 Å². The summed E-state index contributed by atoms with van der Waals surface area (Å²) in [4.78, 5) is 2.31. The van der Waals surface area contributed by atoms with Gasteiger partial charge in [0, 0.05) is 12.1 Å². The maximum absolute atomic E-state index is 14.5. The Kier molecular flexibility index (Phi) is 4.76. The van der Waals surface area contributed by atoms with Gasteiger partial charge in [0.05, 0.1) is 6.10 Å². The molecule has 1 N–H and O–H groups in total. The quantitative estimate of drug-likeness (QED) is 0.872. The number of hydrogen-bond donors (Lipinski definition) is 1. The van der Waals surface area contributed by atoms with Crippen LogP contribution in [0, 0.1) is 11.7 Å². The Morgan fingerprint density at radius 1 is 1.29 bits per heavy atom. The fourth-order valence-electron chi connectivity index (χ4n) is 3.36. The summed E-state index contributed by atoms with van der Waals surface area (Å²) in [5.74, 6) is 0.942. The fourth-order valence-corrected chi connectivity index (χ4v) is 3.36. The van der Waals surface area contributed by atoms with Crippen molar-refractivity contribution in [3.8, 4) is 5.75 Å². The molecule has 21 heavy (non-hydrogen) atoms. The number of nitrogens with zero attached hydrogens (tertiary/aromatic N) is 1. The molecule has 3 nitrogen and oxygen atoms in total. The summed E-state index contributed by atoms with van der Waals surface area (Å²) in [7, 11) is 1.97. The molecule has 1 saturated carbocycles. The van der Waals surface area contributed by atoms with Crippen LogP contribution in [-0.4, -0.2) is 37.7 Å². The van der Waals surface area contributed by atoms with Gasteiger partial charge in [0.25, 0.3) is 0 Å². The summed E-state index contributed by atoms with van der Waals surface area (Å²) in [5, 5.41) is 3.18. The fraction of sp³-hybridized carbons (Fsp3) is 0.647. The van der Waals surface area contributed by atoms with E-state index in [1.807, 2.05) is 19.2 Å². The molecule has 2 aliphatic rings. The van der Waals surface area contributed by atoms with Crippen molar-refractivity contribution in [2.45, 2.75) is 38.3 Å². The molecule has 1 aromatic carbocycles. The number of benzene rings is 1. The van der Waals surface area contributed by atoms with Crippen LogP contribution in [0.5, 0.6) is 5.75 Å². The number of nitrogens with one attached hydrogen (secondary N) is 1. The number of halogens is 1. The number of ether oxygens (including phenoxy) is 1. The van der Waals surface area contributed by atoms with Crippen LogP contribution in [0.4, 0.5) is 4.39 Å². The van der Waals surface area contributed by atoms with Gasteiger partial charge in [-0.15, -0.1) is 0 Å². The smallest absolute Gasteiger partial charge is 0.169 e. The van der Waals surface area contributed by atoms with Crippen molar-refractivity contribution in [3.63, 3.8) is 0 Å². The molecule has 0 radical (unpaired) electrons. The van der Waals surface area contributed by atoms with Crippen LogP contribution in [0.1, 0.15) is 31.2 Å². The lowest BCUT2D eigenvalue weighted by molar-refractivity contribution is 0.0619. The van der Waals surface area contributed by atoms with E-state index in [-0.39, 0.29) is 11.9 Å². The van der Waals surface area contributed by atoms with Gasteiger partial charge in [-0.3, -0.25) is 4.90 Å². The molecule has 1 aromatic rings. The average molecular weight is 292 g/mol. The molecule has 0 bridgehead atoms. The minimum Gasteiger partial charge on any atom is -0.487 e. The molecule has 0 spiro atoms. The van der Waals surface area contributed by atoms with Crippen molar-refractivity contribution in [1.29, 1.82) is 0 Å².